The van der Waals surface area contributed by atoms with Crippen LogP contribution in [0.25, 0.3) is 55.0 Å². The van der Waals surface area contributed by atoms with Gasteiger partial charge in [-0.2, -0.15) is 0 Å². The van der Waals surface area contributed by atoms with Gasteiger partial charge in [0.2, 0.25) is 0 Å². The van der Waals surface area contributed by atoms with Crippen LogP contribution in [0.2, 0.25) is 0 Å². The van der Waals surface area contributed by atoms with Crippen LogP contribution in [0.1, 0.15) is 0 Å². The summed E-state index contributed by atoms with van der Waals surface area (Å²) in [6.07, 6.45) is 0. The van der Waals surface area contributed by atoms with Crippen LogP contribution >= 0.6 is 15.9 Å². The summed E-state index contributed by atoms with van der Waals surface area (Å²) < 4.78 is 5.88. The first-order valence-corrected chi connectivity index (χ1v) is 11.9. The molecule has 0 atom stereocenters. The summed E-state index contributed by atoms with van der Waals surface area (Å²) in [7, 11) is 0. The second-order valence-corrected chi connectivity index (χ2v) is 9.29. The molecule has 5 aromatic carbocycles. The first kappa shape index (κ1) is 18.7. The van der Waals surface area contributed by atoms with Crippen molar-refractivity contribution < 1.29 is 0 Å². The molecule has 0 aliphatic heterocycles. The molecule has 0 unspecified atom stereocenters. The normalized spacial score (nSPS) is 11.8. The van der Waals surface area contributed by atoms with Crippen LogP contribution in [0.15, 0.2) is 120 Å². The number of halogens is 1. The van der Waals surface area contributed by atoms with Crippen LogP contribution < -0.4 is 0 Å². The number of nitrogens with zero attached hydrogens (tertiary/aromatic N) is 2. The van der Waals surface area contributed by atoms with Crippen molar-refractivity contribution in [1.29, 1.82) is 0 Å². The Morgan fingerprint density at radius 1 is 0.424 bits per heavy atom. The van der Waals surface area contributed by atoms with Gasteiger partial charge >= 0.3 is 0 Å². The summed E-state index contributed by atoms with van der Waals surface area (Å²) in [5.41, 5.74) is 7.25. The van der Waals surface area contributed by atoms with Gasteiger partial charge in [-0.05, 0) is 54.6 Å². The average molecular weight is 487 g/mol. The predicted molar refractivity (Wildman–Crippen MR) is 143 cm³/mol. The van der Waals surface area contributed by atoms with Crippen molar-refractivity contribution in [3.63, 3.8) is 0 Å². The van der Waals surface area contributed by atoms with E-state index >= 15 is 0 Å². The highest BCUT2D eigenvalue weighted by atomic mass is 79.9. The summed E-state index contributed by atoms with van der Waals surface area (Å²) >= 11 is 3.58. The highest BCUT2D eigenvalue weighted by Crippen LogP contribution is 2.41. The maximum Gasteiger partial charge on any atom is 0.0641 e. The Morgan fingerprint density at radius 2 is 1.03 bits per heavy atom. The molecule has 33 heavy (non-hydrogen) atoms. The van der Waals surface area contributed by atoms with Gasteiger partial charge in [0.1, 0.15) is 0 Å². The zero-order valence-electron chi connectivity index (χ0n) is 17.7. The topological polar surface area (TPSA) is 9.86 Å². The van der Waals surface area contributed by atoms with Crippen molar-refractivity contribution in [1.82, 2.24) is 9.13 Å². The molecule has 0 bridgehead atoms. The Hall–Kier alpha value is -3.82. The standard InChI is InChI=1S/C30H19BrN2/c31-20-14-16-22(17-15-20)32-27-13-7-5-11-25(27)29-28(32)19-18-24-23-10-4-6-12-26(23)33(30(24)29)21-8-2-1-3-9-21/h1-19H. The Kier molecular flexibility index (Phi) is 4.02. The number of aromatic nitrogens is 2. The molecule has 0 radical (unpaired) electrons. The summed E-state index contributed by atoms with van der Waals surface area (Å²) in [6.45, 7) is 0. The van der Waals surface area contributed by atoms with Crippen LogP contribution in [0.4, 0.5) is 0 Å². The number of hydrogen-bond donors (Lipinski definition) is 0. The maximum atomic E-state index is 3.58. The van der Waals surface area contributed by atoms with Gasteiger partial charge in [-0.3, -0.25) is 0 Å². The van der Waals surface area contributed by atoms with E-state index in [0.717, 1.165) is 10.2 Å². The number of para-hydroxylation sites is 3. The summed E-state index contributed by atoms with van der Waals surface area (Å²) in [6, 6.07) is 41.3. The fraction of sp³-hybridized carbons (Fsp3) is 0. The van der Waals surface area contributed by atoms with E-state index in [1.54, 1.807) is 0 Å². The molecule has 156 valence electrons. The molecule has 0 spiro atoms. The van der Waals surface area contributed by atoms with Crippen LogP contribution in [0.3, 0.4) is 0 Å². The molecule has 7 rings (SSSR count). The van der Waals surface area contributed by atoms with E-state index in [9.17, 15) is 0 Å². The van der Waals surface area contributed by atoms with Gasteiger partial charge in [0.15, 0.2) is 0 Å². The van der Waals surface area contributed by atoms with Gasteiger partial charge in [-0.15, -0.1) is 0 Å². The zero-order chi connectivity index (χ0) is 21.9. The van der Waals surface area contributed by atoms with E-state index in [1.807, 2.05) is 0 Å². The van der Waals surface area contributed by atoms with Crippen LogP contribution in [-0.2, 0) is 0 Å². The summed E-state index contributed by atoms with van der Waals surface area (Å²) in [5.74, 6) is 0. The van der Waals surface area contributed by atoms with Crippen molar-refractivity contribution in [2.45, 2.75) is 0 Å². The first-order chi connectivity index (χ1) is 16.3. The molecule has 7 aromatic rings. The Labute approximate surface area is 199 Å². The molecule has 0 aliphatic rings. The van der Waals surface area contributed by atoms with Gasteiger partial charge in [0.05, 0.1) is 22.1 Å². The van der Waals surface area contributed by atoms with E-state index in [1.165, 1.54) is 49.3 Å². The van der Waals surface area contributed by atoms with E-state index < -0.39 is 0 Å². The van der Waals surface area contributed by atoms with E-state index in [-0.39, 0.29) is 0 Å². The molecule has 2 aromatic heterocycles. The lowest BCUT2D eigenvalue weighted by atomic mass is 10.1. The molecule has 0 amide bonds. The van der Waals surface area contributed by atoms with Gasteiger partial charge in [-0.1, -0.05) is 76.6 Å². The minimum absolute atomic E-state index is 1.08. The third-order valence-corrected chi connectivity index (χ3v) is 7.10. The van der Waals surface area contributed by atoms with Crippen molar-refractivity contribution >= 4 is 59.5 Å². The molecule has 0 fully saturated rings. The maximum absolute atomic E-state index is 3.58. The van der Waals surface area contributed by atoms with E-state index in [0.29, 0.717) is 0 Å². The average Bonchev–Trinajstić information content (AvgIpc) is 3.38. The minimum atomic E-state index is 1.08. The number of rotatable bonds is 2. The molecule has 0 aliphatic carbocycles. The lowest BCUT2D eigenvalue weighted by Gasteiger charge is -2.10. The van der Waals surface area contributed by atoms with Crippen LogP contribution in [0, 0.1) is 0 Å². The Balaban J connectivity index is 1.75. The van der Waals surface area contributed by atoms with E-state index in [2.05, 4.69) is 140 Å². The predicted octanol–water partition coefficient (Wildman–Crippen LogP) is 8.64. The smallest absolute Gasteiger partial charge is 0.0641 e. The van der Waals surface area contributed by atoms with Crippen LogP contribution in [0.5, 0.6) is 0 Å². The molecule has 3 heteroatoms. The molecule has 0 saturated carbocycles. The molecular formula is C30H19BrN2. The Morgan fingerprint density at radius 3 is 1.79 bits per heavy atom. The fourth-order valence-electron chi connectivity index (χ4n) is 5.22. The molecule has 2 nitrogen and oxygen atoms in total. The van der Waals surface area contributed by atoms with Crippen molar-refractivity contribution in [2.24, 2.45) is 0 Å². The number of fused-ring (bicyclic) bond motifs is 7. The fourth-order valence-corrected chi connectivity index (χ4v) is 5.49. The quantitative estimate of drug-likeness (QED) is 0.231. The molecule has 2 heterocycles. The van der Waals surface area contributed by atoms with Gasteiger partial charge in [-0.25, -0.2) is 0 Å². The van der Waals surface area contributed by atoms with E-state index in [4.69, 9.17) is 0 Å². The highest BCUT2D eigenvalue weighted by Gasteiger charge is 2.20. The summed E-state index contributed by atoms with van der Waals surface area (Å²) in [5, 5.41) is 5.10. The minimum Gasteiger partial charge on any atom is -0.309 e. The summed E-state index contributed by atoms with van der Waals surface area (Å²) in [4.78, 5) is 0. The van der Waals surface area contributed by atoms with Crippen molar-refractivity contribution in [2.75, 3.05) is 0 Å². The van der Waals surface area contributed by atoms with Gasteiger partial charge in [0.25, 0.3) is 0 Å². The lowest BCUT2D eigenvalue weighted by molar-refractivity contribution is 1.17. The largest absolute Gasteiger partial charge is 0.309 e. The van der Waals surface area contributed by atoms with Crippen LogP contribution in [-0.4, -0.2) is 9.13 Å². The number of benzene rings is 5. The molecular weight excluding hydrogens is 468 g/mol. The second kappa shape index (κ2) is 7.09. The SMILES string of the molecule is Brc1ccc(-n2c3ccccc3c3c2ccc2c4ccccc4n(-c4ccccc4)c23)cc1. The van der Waals surface area contributed by atoms with Gasteiger partial charge in [0, 0.05) is 37.4 Å². The highest BCUT2D eigenvalue weighted by molar-refractivity contribution is 9.10. The monoisotopic (exact) mass is 486 g/mol. The van der Waals surface area contributed by atoms with Gasteiger partial charge < -0.3 is 9.13 Å². The number of hydrogen-bond acceptors (Lipinski definition) is 0. The first-order valence-electron chi connectivity index (χ1n) is 11.1. The lowest BCUT2D eigenvalue weighted by Crippen LogP contribution is -1.95. The third kappa shape index (κ3) is 2.66. The van der Waals surface area contributed by atoms with Crippen molar-refractivity contribution in [3.8, 4) is 11.4 Å². The third-order valence-electron chi connectivity index (χ3n) is 6.57. The molecule has 0 N–H and O–H groups in total. The van der Waals surface area contributed by atoms with Crippen molar-refractivity contribution in [3.05, 3.63) is 120 Å². The Bertz CT molecular complexity index is 1810. The zero-order valence-corrected chi connectivity index (χ0v) is 19.3. The second-order valence-electron chi connectivity index (χ2n) is 8.37. The molecule has 0 saturated heterocycles.